The van der Waals surface area contributed by atoms with E-state index in [9.17, 15) is 9.18 Å². The molecular formula is C16H16FN5O2. The molecule has 1 saturated heterocycles. The average Bonchev–Trinajstić information content (AvgIpc) is 3.26. The molecule has 0 saturated carbocycles. The number of hydrogen-bond acceptors (Lipinski definition) is 4. The zero-order valence-corrected chi connectivity index (χ0v) is 13.0. The number of aryl methyl sites for hydroxylation is 1. The van der Waals surface area contributed by atoms with Gasteiger partial charge in [-0.15, -0.1) is 0 Å². The fourth-order valence-corrected chi connectivity index (χ4v) is 3.08. The van der Waals surface area contributed by atoms with Gasteiger partial charge in [-0.25, -0.2) is 14.4 Å². The van der Waals surface area contributed by atoms with Crippen LogP contribution in [0.1, 0.15) is 28.7 Å². The minimum atomic E-state index is -0.486. The minimum absolute atomic E-state index is 0.205. The lowest BCUT2D eigenvalue weighted by Gasteiger charge is -2.19. The number of H-pyrrole nitrogens is 1. The van der Waals surface area contributed by atoms with Crippen LogP contribution < -0.4 is 5.32 Å². The van der Waals surface area contributed by atoms with Crippen LogP contribution in [-0.2, 0) is 11.8 Å². The Labute approximate surface area is 136 Å². The molecule has 3 heterocycles. The van der Waals surface area contributed by atoms with Gasteiger partial charge in [-0.3, -0.25) is 4.79 Å². The maximum absolute atomic E-state index is 13.7. The number of nitrogens with one attached hydrogen (secondary N) is 2. The van der Waals surface area contributed by atoms with Crippen molar-refractivity contribution >= 4 is 16.9 Å². The van der Waals surface area contributed by atoms with Gasteiger partial charge in [-0.2, -0.15) is 0 Å². The summed E-state index contributed by atoms with van der Waals surface area (Å²) in [5, 5.41) is 2.93. The molecule has 2 atom stereocenters. The molecular weight excluding hydrogens is 313 g/mol. The number of rotatable bonds is 3. The molecule has 4 rings (SSSR count). The van der Waals surface area contributed by atoms with E-state index in [1.165, 1.54) is 18.5 Å². The van der Waals surface area contributed by atoms with Crippen molar-refractivity contribution in [2.75, 3.05) is 6.61 Å². The monoisotopic (exact) mass is 329 g/mol. The smallest absolute Gasteiger partial charge is 0.253 e. The second kappa shape index (κ2) is 5.72. The molecule has 2 aromatic heterocycles. The molecule has 2 N–H and O–H groups in total. The number of benzene rings is 1. The molecule has 0 aliphatic carbocycles. The molecule has 124 valence electrons. The molecule has 0 unspecified atom stereocenters. The van der Waals surface area contributed by atoms with E-state index in [-0.39, 0.29) is 23.6 Å². The first-order chi connectivity index (χ1) is 11.6. The Hall–Kier alpha value is -2.74. The van der Waals surface area contributed by atoms with E-state index in [0.29, 0.717) is 24.1 Å². The van der Waals surface area contributed by atoms with Gasteiger partial charge in [-0.1, -0.05) is 0 Å². The minimum Gasteiger partial charge on any atom is -0.368 e. The number of aromatic amines is 1. The number of carbonyl (C=O) groups is 1. The highest BCUT2D eigenvalue weighted by Crippen LogP contribution is 2.28. The van der Waals surface area contributed by atoms with Gasteiger partial charge < -0.3 is 19.6 Å². The lowest BCUT2D eigenvalue weighted by atomic mass is 10.1. The van der Waals surface area contributed by atoms with Crippen LogP contribution in [-0.4, -0.2) is 38.1 Å². The molecule has 1 aliphatic heterocycles. The molecule has 0 radical (unpaired) electrons. The van der Waals surface area contributed by atoms with Gasteiger partial charge in [0.1, 0.15) is 23.3 Å². The Morgan fingerprint density at radius 1 is 1.46 bits per heavy atom. The predicted octanol–water partition coefficient (Wildman–Crippen LogP) is 1.70. The van der Waals surface area contributed by atoms with Gasteiger partial charge in [0.2, 0.25) is 0 Å². The van der Waals surface area contributed by atoms with Crippen LogP contribution in [0.25, 0.3) is 11.0 Å². The van der Waals surface area contributed by atoms with Crippen LogP contribution in [0.3, 0.4) is 0 Å². The summed E-state index contributed by atoms with van der Waals surface area (Å²) in [5.74, 6) is -0.108. The summed E-state index contributed by atoms with van der Waals surface area (Å²) in [5.41, 5.74) is 1.14. The molecule has 0 spiro atoms. The normalized spacial score (nSPS) is 20.6. The highest BCUT2D eigenvalue weighted by molar-refractivity contribution is 6.04. The predicted molar refractivity (Wildman–Crippen MR) is 83.8 cm³/mol. The quantitative estimate of drug-likeness (QED) is 0.766. The summed E-state index contributed by atoms with van der Waals surface area (Å²) in [6, 6.07) is 2.29. The zero-order valence-electron chi connectivity index (χ0n) is 13.0. The largest absolute Gasteiger partial charge is 0.368 e. The molecule has 1 aromatic carbocycles. The van der Waals surface area contributed by atoms with E-state index < -0.39 is 5.82 Å². The van der Waals surface area contributed by atoms with Crippen molar-refractivity contribution in [1.82, 2.24) is 24.8 Å². The van der Waals surface area contributed by atoms with Gasteiger partial charge in [0.25, 0.3) is 5.91 Å². The lowest BCUT2D eigenvalue weighted by molar-refractivity contribution is 0.0780. The standard InChI is InChI=1S/C16H16FN5O2/c1-22-4-3-18-15(22)14-11(2-5-24-14)21-16(23)10-6-9(17)7-12-13(10)20-8-19-12/h3-4,6-8,11,14H,2,5H2,1H3,(H,19,20)(H,21,23)/t11-,14-/m0/s1. The summed E-state index contributed by atoms with van der Waals surface area (Å²) >= 11 is 0. The molecule has 8 heteroatoms. The number of hydrogen-bond donors (Lipinski definition) is 2. The van der Waals surface area contributed by atoms with E-state index >= 15 is 0 Å². The van der Waals surface area contributed by atoms with E-state index in [1.807, 2.05) is 17.8 Å². The Morgan fingerprint density at radius 2 is 2.33 bits per heavy atom. The highest BCUT2D eigenvalue weighted by Gasteiger charge is 2.34. The third kappa shape index (κ3) is 2.44. The van der Waals surface area contributed by atoms with E-state index in [1.54, 1.807) is 6.20 Å². The number of amides is 1. The second-order valence-corrected chi connectivity index (χ2v) is 5.81. The number of nitrogens with zero attached hydrogens (tertiary/aromatic N) is 3. The number of halogens is 1. The Morgan fingerprint density at radius 3 is 3.12 bits per heavy atom. The Bertz CT molecular complexity index is 903. The van der Waals surface area contributed by atoms with Crippen molar-refractivity contribution in [3.8, 4) is 0 Å². The highest BCUT2D eigenvalue weighted by atomic mass is 19.1. The van der Waals surface area contributed by atoms with Gasteiger partial charge in [0.15, 0.2) is 0 Å². The third-order valence-electron chi connectivity index (χ3n) is 4.25. The van der Waals surface area contributed by atoms with Crippen LogP contribution >= 0.6 is 0 Å². The fraction of sp³-hybridized carbons (Fsp3) is 0.312. The van der Waals surface area contributed by atoms with Crippen molar-refractivity contribution in [2.45, 2.75) is 18.6 Å². The summed E-state index contributed by atoms with van der Waals surface area (Å²) in [4.78, 5) is 23.9. The molecule has 3 aromatic rings. The van der Waals surface area contributed by atoms with E-state index in [2.05, 4.69) is 20.3 Å². The van der Waals surface area contributed by atoms with E-state index in [0.717, 1.165) is 5.82 Å². The topological polar surface area (TPSA) is 84.8 Å². The summed E-state index contributed by atoms with van der Waals surface area (Å²) in [6.07, 6.45) is 5.31. The second-order valence-electron chi connectivity index (χ2n) is 5.81. The van der Waals surface area contributed by atoms with Gasteiger partial charge in [-0.05, 0) is 18.6 Å². The maximum atomic E-state index is 13.7. The summed E-state index contributed by atoms with van der Waals surface area (Å²) in [6.45, 7) is 0.531. The van der Waals surface area contributed by atoms with Crippen molar-refractivity contribution in [2.24, 2.45) is 7.05 Å². The first-order valence-electron chi connectivity index (χ1n) is 7.66. The van der Waals surface area contributed by atoms with Crippen molar-refractivity contribution in [3.05, 3.63) is 48.1 Å². The van der Waals surface area contributed by atoms with Crippen molar-refractivity contribution < 1.29 is 13.9 Å². The molecule has 1 aliphatic rings. The Balaban J connectivity index is 1.61. The molecule has 24 heavy (non-hydrogen) atoms. The third-order valence-corrected chi connectivity index (χ3v) is 4.25. The van der Waals surface area contributed by atoms with Gasteiger partial charge in [0.05, 0.1) is 23.4 Å². The lowest BCUT2D eigenvalue weighted by Crippen LogP contribution is -2.37. The SMILES string of the molecule is Cn1ccnc1[C@H]1OCC[C@@H]1NC(=O)c1cc(F)cc2[nH]cnc12. The number of carbonyl (C=O) groups excluding carboxylic acids is 1. The first kappa shape index (κ1) is 14.8. The molecule has 1 amide bonds. The average molecular weight is 329 g/mol. The van der Waals surface area contributed by atoms with Crippen LogP contribution in [0.5, 0.6) is 0 Å². The van der Waals surface area contributed by atoms with Gasteiger partial charge >= 0.3 is 0 Å². The van der Waals surface area contributed by atoms with Crippen LogP contribution in [0.15, 0.2) is 30.9 Å². The number of aromatic nitrogens is 4. The van der Waals surface area contributed by atoms with Crippen LogP contribution in [0.4, 0.5) is 4.39 Å². The van der Waals surface area contributed by atoms with Crippen LogP contribution in [0.2, 0.25) is 0 Å². The van der Waals surface area contributed by atoms with Crippen LogP contribution in [0, 0.1) is 5.82 Å². The summed E-state index contributed by atoms with van der Waals surface area (Å²) < 4.78 is 21.3. The number of fused-ring (bicyclic) bond motifs is 1. The first-order valence-corrected chi connectivity index (χ1v) is 7.66. The zero-order chi connectivity index (χ0) is 16.7. The fourth-order valence-electron chi connectivity index (χ4n) is 3.08. The van der Waals surface area contributed by atoms with E-state index in [4.69, 9.17) is 4.74 Å². The molecule has 7 nitrogen and oxygen atoms in total. The molecule has 0 bridgehead atoms. The molecule has 1 fully saturated rings. The van der Waals surface area contributed by atoms with Crippen molar-refractivity contribution in [3.63, 3.8) is 0 Å². The van der Waals surface area contributed by atoms with Crippen molar-refractivity contribution in [1.29, 1.82) is 0 Å². The number of ether oxygens (including phenoxy) is 1. The maximum Gasteiger partial charge on any atom is 0.253 e. The Kier molecular flexibility index (Phi) is 3.53. The summed E-state index contributed by atoms with van der Waals surface area (Å²) in [7, 11) is 1.88. The van der Waals surface area contributed by atoms with Gasteiger partial charge in [0, 0.05) is 26.0 Å². The number of imidazole rings is 2.